The first-order chi connectivity index (χ1) is 38.2. The number of halogens is 2. The van der Waals surface area contributed by atoms with Gasteiger partial charge in [0.05, 0.1) is 66.4 Å². The van der Waals surface area contributed by atoms with Crippen LogP contribution in [0.4, 0.5) is 57.4 Å². The third-order valence-electron chi connectivity index (χ3n) is 10.2. The molecule has 0 spiro atoms. The Labute approximate surface area is 489 Å². The van der Waals surface area contributed by atoms with E-state index in [0.717, 1.165) is 24.3 Å². The van der Waals surface area contributed by atoms with Crippen LogP contribution in [0.2, 0.25) is 10.6 Å². The van der Waals surface area contributed by atoms with Gasteiger partial charge < -0.3 is 58.7 Å². The van der Waals surface area contributed by atoms with Crippen molar-refractivity contribution in [3.8, 4) is 35.0 Å². The van der Waals surface area contributed by atoms with Crippen molar-refractivity contribution in [2.45, 2.75) is 19.6 Å². The van der Waals surface area contributed by atoms with E-state index in [1.54, 1.807) is 0 Å². The largest absolute Gasteiger partial charge is 3.00 e. The zero-order valence-electron chi connectivity index (χ0n) is 45.0. The van der Waals surface area contributed by atoms with Gasteiger partial charge in [-0.25, -0.2) is 33.7 Å². The number of non-ortho nitro benzene ring substituents is 2. The molecule has 8 aromatic rings. The molecule has 0 saturated heterocycles. The van der Waals surface area contributed by atoms with E-state index in [-0.39, 0.29) is 35.9 Å². The molecule has 0 atom stereocenters. The molecule has 0 aliphatic heterocycles. The van der Waals surface area contributed by atoms with Crippen LogP contribution in [0.15, 0.2) is 113 Å². The van der Waals surface area contributed by atoms with Crippen LogP contribution in [-0.2, 0) is 57.3 Å². The summed E-state index contributed by atoms with van der Waals surface area (Å²) < 4.78 is 153. The molecule has 0 unspecified atom stereocenters. The Bertz CT molecular complexity index is 4300. The van der Waals surface area contributed by atoms with Crippen molar-refractivity contribution in [2.75, 3.05) is 24.9 Å². The first-order valence-electron chi connectivity index (χ1n) is 20.8. The molecule has 6 aromatic carbocycles. The number of nitrogens with one attached hydrogen (secondary N) is 2. The molecule has 2 N–H and O–H groups in total. The Morgan fingerprint density at radius 1 is 0.506 bits per heavy atom. The maximum Gasteiger partial charge on any atom is 3.00 e. The number of rotatable bonds is 16. The van der Waals surface area contributed by atoms with Gasteiger partial charge in [-0.05, 0) is 81.1 Å². The fourth-order valence-corrected chi connectivity index (χ4v) is 9.40. The van der Waals surface area contributed by atoms with E-state index in [0.29, 0.717) is 48.5 Å². The van der Waals surface area contributed by atoms with Gasteiger partial charge in [-0.15, -0.1) is 10.2 Å². The van der Waals surface area contributed by atoms with Gasteiger partial charge in [-0.2, -0.15) is 40.1 Å². The quantitative estimate of drug-likeness (QED) is 0.0598. The minimum Gasteiger partial charge on any atom is -0.871 e. The van der Waals surface area contributed by atoms with Crippen molar-refractivity contribution in [2.24, 2.45) is 20.5 Å². The van der Waals surface area contributed by atoms with Crippen LogP contribution < -0.4 is 40.5 Å². The van der Waals surface area contributed by atoms with Crippen LogP contribution in [0, 0.1) is 20.2 Å². The number of nitro benzene ring substituents is 2. The van der Waals surface area contributed by atoms with Crippen LogP contribution in [0.3, 0.4) is 0 Å². The van der Waals surface area contributed by atoms with E-state index in [4.69, 9.17) is 32.7 Å². The topological polar surface area (TPSA) is 577 Å². The number of nitro groups is 2. The van der Waals surface area contributed by atoms with Gasteiger partial charge in [0.2, 0.25) is 22.5 Å². The normalized spacial score (nSPS) is 12.0. The van der Waals surface area contributed by atoms with Crippen molar-refractivity contribution < 1.29 is 116 Å². The Kier molecular flexibility index (Phi) is 18.4. The molecule has 0 saturated carbocycles. The minimum absolute atomic E-state index is 0. The molecule has 83 heavy (non-hydrogen) atoms. The van der Waals surface area contributed by atoms with Crippen LogP contribution >= 0.6 is 23.2 Å². The summed E-state index contributed by atoms with van der Waals surface area (Å²) in [4.78, 5) is 38.2. The van der Waals surface area contributed by atoms with Gasteiger partial charge in [-0.1, -0.05) is 35.1 Å². The molecule has 2 aromatic heterocycles. The van der Waals surface area contributed by atoms with E-state index in [1.807, 2.05) is 0 Å². The summed E-state index contributed by atoms with van der Waals surface area (Å²) in [5, 5.41) is 89.0. The molecule has 43 heteroatoms. The van der Waals surface area contributed by atoms with E-state index in [1.165, 1.54) is 14.2 Å². The second-order valence-electron chi connectivity index (χ2n) is 15.4. The summed E-state index contributed by atoms with van der Waals surface area (Å²) in [6.45, 7) is 0. The molecule has 434 valence electrons. The molecular weight excluding hydrogens is 1290 g/mol. The third kappa shape index (κ3) is 14.6. The summed E-state index contributed by atoms with van der Waals surface area (Å²) in [7, 11) is -19.1. The van der Waals surface area contributed by atoms with E-state index in [9.17, 15) is 92.5 Å². The smallest absolute Gasteiger partial charge is 0.871 e. The molecule has 0 amide bonds. The standard InChI is InChI=1S/2C20H14ClN7O11S2.Co/c2*1-39-20-24-18(21)23-19(25-20)22-12-7-10(40(33,34)35)4-8-5-14(41(36,37)38)16(17(30)15(8)12)27-26-11-6-9(28(31)32)2-3-13(11)29;/h2*2-7,29-30H,1H3,(H,33,34,35)(H,36,37,38)(H,22,23,24,25);/q;;+3/p-3. The summed E-state index contributed by atoms with van der Waals surface area (Å²) in [5.74, 6) is -5.32. The fraction of sp³-hybridized carbons (Fsp3) is 0.0500. The van der Waals surface area contributed by atoms with Crippen LogP contribution in [-0.4, -0.2) is 106 Å². The average Bonchev–Trinajstić information content (AvgIpc) is 0.914. The Balaban J connectivity index is 0.000000824. The zero-order valence-corrected chi connectivity index (χ0v) is 45.8. The maximum atomic E-state index is 13.5. The van der Waals surface area contributed by atoms with Crippen LogP contribution in [0.1, 0.15) is 7.13 Å². The molecule has 2 heterocycles. The molecular formula is C40H25Cl2CoN14O22S4. The minimum atomic E-state index is -5.52. The van der Waals surface area contributed by atoms with Gasteiger partial charge in [0.1, 0.15) is 40.5 Å². The van der Waals surface area contributed by atoms with Crippen molar-refractivity contribution in [1.29, 1.82) is 0 Å². The Morgan fingerprint density at radius 2 is 0.855 bits per heavy atom. The maximum absolute atomic E-state index is 13.5. The Morgan fingerprint density at radius 3 is 1.16 bits per heavy atom. The second-order valence-corrected chi connectivity index (χ2v) is 21.5. The number of hydrogen-bond donors (Lipinski definition) is 2. The number of benzene rings is 6. The van der Waals surface area contributed by atoms with Gasteiger partial charge >= 0.3 is 35.9 Å². The monoisotopic (exact) mass is 1310 g/mol. The van der Waals surface area contributed by atoms with Gasteiger partial charge in [0.25, 0.3) is 11.4 Å². The number of ether oxygens (including phenoxy) is 2. The summed E-state index contributed by atoms with van der Waals surface area (Å²) in [5.41, 5.74) is -5.76. The number of aromatic nitrogens is 6. The third-order valence-corrected chi connectivity index (χ3v) is 13.8. The SMILES string of the molecule is COc1nc(Cl)nc(Nc2cc(S(=O)(=O)[O-])cc3cc(S(=O)(=O)[O-])c(N=Nc4cc([N+](=O)[O-])ccc4[O-])c([O-])c23)n1.COc1nc(Cl)nc(Nc2cc(S(=O)(=O)[O-])cc3cc(S(=O)(=O)[O-])c(N=Nc4cc([N+](=O)[O-])ccc4[O-])c([O-])c23)n1.[Co+3].[H+].[H+].[H+].[H+].[H+]. The predicted octanol–water partition coefficient (Wildman–Crippen LogP) is 3.98. The molecule has 0 bridgehead atoms. The first kappa shape index (κ1) is 63.2. The summed E-state index contributed by atoms with van der Waals surface area (Å²) >= 11 is 11.6. The zero-order chi connectivity index (χ0) is 60.6. The molecule has 0 aliphatic rings. The summed E-state index contributed by atoms with van der Waals surface area (Å²) in [6.07, 6.45) is 0. The molecule has 0 fully saturated rings. The van der Waals surface area contributed by atoms with E-state index < -0.39 is 182 Å². The number of anilines is 4. The molecule has 0 aliphatic carbocycles. The first-order valence-corrected chi connectivity index (χ1v) is 27.2. The number of nitrogens with zero attached hydrogens (tertiary/aromatic N) is 12. The number of methoxy groups -OCH3 is 2. The van der Waals surface area contributed by atoms with Crippen molar-refractivity contribution in [1.82, 2.24) is 29.9 Å². The van der Waals surface area contributed by atoms with Crippen molar-refractivity contribution in [3.63, 3.8) is 0 Å². The van der Waals surface area contributed by atoms with Gasteiger partial charge in [0, 0.05) is 35.6 Å². The Hall–Kier alpha value is -9.01. The van der Waals surface area contributed by atoms with E-state index >= 15 is 0 Å². The number of hydrogen-bond acceptors (Lipinski definition) is 34. The number of azo groups is 2. The molecule has 8 rings (SSSR count). The van der Waals surface area contributed by atoms with Gasteiger partial charge in [0.15, 0.2) is 0 Å². The summed E-state index contributed by atoms with van der Waals surface area (Å²) in [6, 6.07) is 7.81. The molecule has 36 nitrogen and oxygen atoms in total. The van der Waals surface area contributed by atoms with Crippen LogP contribution in [0.25, 0.3) is 21.5 Å². The van der Waals surface area contributed by atoms with Crippen molar-refractivity contribution >= 4 is 143 Å². The van der Waals surface area contributed by atoms with Crippen LogP contribution in [0.5, 0.6) is 35.0 Å². The molecule has 0 radical (unpaired) electrons. The second kappa shape index (κ2) is 24.2. The van der Waals surface area contributed by atoms with E-state index in [2.05, 4.69) is 61.0 Å². The fourth-order valence-electron chi connectivity index (χ4n) is 6.75. The average molecular weight is 1310 g/mol. The number of fused-ring (bicyclic) bond motifs is 2. The van der Waals surface area contributed by atoms with Crippen molar-refractivity contribution in [3.05, 3.63) is 104 Å². The predicted molar refractivity (Wildman–Crippen MR) is 267 cm³/mol. The van der Waals surface area contributed by atoms with Gasteiger partial charge in [-0.3, -0.25) is 20.2 Å².